The van der Waals surface area contributed by atoms with E-state index in [1.165, 1.54) is 0 Å². The molecule has 0 amide bonds. The number of nitrogens with zero attached hydrogens (tertiary/aromatic N) is 3. The molecular weight excluding hydrogens is 237 g/mol. The average molecular weight is 248 g/mol. The number of hydrogen-bond donors (Lipinski definition) is 2. The highest BCUT2D eigenvalue weighted by molar-refractivity contribution is 5.85. The Hall–Kier alpha value is -1.33. The van der Waals surface area contributed by atoms with E-state index in [9.17, 15) is 0 Å². The summed E-state index contributed by atoms with van der Waals surface area (Å²) in [6.07, 6.45) is 0.677. The predicted molar refractivity (Wildman–Crippen MR) is 62.3 cm³/mol. The van der Waals surface area contributed by atoms with Crippen molar-refractivity contribution in [3.63, 3.8) is 0 Å². The molecule has 7 heteroatoms. The van der Waals surface area contributed by atoms with Crippen LogP contribution in [0.15, 0.2) is 24.3 Å². The molecule has 0 radical (unpaired) electrons. The second-order valence-corrected chi connectivity index (χ2v) is 2.75. The van der Waals surface area contributed by atoms with E-state index in [1.54, 1.807) is 0 Å². The van der Waals surface area contributed by atoms with Gasteiger partial charge in [0, 0.05) is 12.1 Å². The minimum Gasteiger partial charge on any atom is -0.399 e. The van der Waals surface area contributed by atoms with Gasteiger partial charge in [0.2, 0.25) is 0 Å². The standard InChI is InChI=1S/C8H9N5.2ClH/c9-7-3-1-6(2-4-7)5-8-10-12-13-11-8;;/h1-4H,5,9H2,(H,10,11,12,13);2*1H. The maximum Gasteiger partial charge on any atom is 0.178 e. The van der Waals surface area contributed by atoms with Crippen molar-refractivity contribution >= 4 is 30.5 Å². The van der Waals surface area contributed by atoms with Crippen LogP contribution in [0.1, 0.15) is 11.4 Å². The first kappa shape index (κ1) is 13.7. The Morgan fingerprint density at radius 2 is 1.80 bits per heavy atom. The van der Waals surface area contributed by atoms with E-state index in [0.29, 0.717) is 12.2 Å². The van der Waals surface area contributed by atoms with Crippen LogP contribution in [0.5, 0.6) is 0 Å². The summed E-state index contributed by atoms with van der Waals surface area (Å²) in [4.78, 5) is 0. The molecule has 0 saturated carbocycles. The van der Waals surface area contributed by atoms with Gasteiger partial charge in [-0.15, -0.1) is 35.0 Å². The van der Waals surface area contributed by atoms with Crippen LogP contribution < -0.4 is 5.73 Å². The van der Waals surface area contributed by atoms with Crippen molar-refractivity contribution in [2.45, 2.75) is 6.42 Å². The van der Waals surface area contributed by atoms with E-state index < -0.39 is 0 Å². The summed E-state index contributed by atoms with van der Waals surface area (Å²) in [6, 6.07) is 7.61. The lowest BCUT2D eigenvalue weighted by Crippen LogP contribution is -1.91. The zero-order valence-corrected chi connectivity index (χ0v) is 9.38. The molecule has 0 fully saturated rings. The Labute approximate surface area is 99.3 Å². The minimum absolute atomic E-state index is 0. The number of benzene rings is 1. The summed E-state index contributed by atoms with van der Waals surface area (Å²) < 4.78 is 0. The molecule has 2 rings (SSSR count). The molecule has 1 aromatic carbocycles. The molecular formula is C8H11Cl2N5. The number of H-pyrrole nitrogens is 1. The van der Waals surface area contributed by atoms with Crippen LogP contribution in [0.4, 0.5) is 5.69 Å². The maximum atomic E-state index is 5.55. The van der Waals surface area contributed by atoms with Crippen LogP contribution in [0.3, 0.4) is 0 Å². The van der Waals surface area contributed by atoms with Gasteiger partial charge in [0.25, 0.3) is 0 Å². The number of tetrazole rings is 1. The lowest BCUT2D eigenvalue weighted by Gasteiger charge is -1.96. The lowest BCUT2D eigenvalue weighted by atomic mass is 10.1. The normalized spacial score (nSPS) is 8.80. The molecule has 5 nitrogen and oxygen atoms in total. The second kappa shape index (κ2) is 6.21. The molecule has 3 N–H and O–H groups in total. The van der Waals surface area contributed by atoms with Crippen molar-refractivity contribution in [1.82, 2.24) is 20.6 Å². The highest BCUT2D eigenvalue weighted by Crippen LogP contribution is 2.07. The molecule has 15 heavy (non-hydrogen) atoms. The first-order valence-corrected chi connectivity index (χ1v) is 3.91. The van der Waals surface area contributed by atoms with Gasteiger partial charge in [-0.05, 0) is 17.7 Å². The van der Waals surface area contributed by atoms with Gasteiger partial charge in [0.1, 0.15) is 0 Å². The Morgan fingerprint density at radius 3 is 2.33 bits per heavy atom. The number of halogens is 2. The van der Waals surface area contributed by atoms with Gasteiger partial charge in [-0.3, -0.25) is 0 Å². The summed E-state index contributed by atoms with van der Waals surface area (Å²) in [5.74, 6) is 0.685. The largest absolute Gasteiger partial charge is 0.399 e. The monoisotopic (exact) mass is 247 g/mol. The van der Waals surface area contributed by atoms with E-state index in [0.717, 1.165) is 11.3 Å². The van der Waals surface area contributed by atoms with Gasteiger partial charge < -0.3 is 5.73 Å². The highest BCUT2D eigenvalue weighted by atomic mass is 35.5. The SMILES string of the molecule is Cl.Cl.Nc1ccc(Cc2nn[nH]n2)cc1. The highest BCUT2D eigenvalue weighted by Gasteiger charge is 1.99. The van der Waals surface area contributed by atoms with Crippen LogP contribution >= 0.6 is 24.8 Å². The van der Waals surface area contributed by atoms with Crippen molar-refractivity contribution < 1.29 is 0 Å². The van der Waals surface area contributed by atoms with Gasteiger partial charge in [0.05, 0.1) is 0 Å². The van der Waals surface area contributed by atoms with Crippen molar-refractivity contribution in [2.24, 2.45) is 0 Å². The van der Waals surface area contributed by atoms with E-state index >= 15 is 0 Å². The molecule has 0 aliphatic rings. The average Bonchev–Trinajstić information content (AvgIpc) is 2.62. The van der Waals surface area contributed by atoms with Crippen LogP contribution in [0, 0.1) is 0 Å². The molecule has 0 atom stereocenters. The number of aromatic nitrogens is 4. The summed E-state index contributed by atoms with van der Waals surface area (Å²) in [5.41, 5.74) is 7.43. The predicted octanol–water partition coefficient (Wildman–Crippen LogP) is 1.22. The topological polar surface area (TPSA) is 80.5 Å². The number of aromatic amines is 1. The molecule has 82 valence electrons. The van der Waals surface area contributed by atoms with Crippen LogP contribution in [-0.2, 0) is 6.42 Å². The molecule has 0 unspecified atom stereocenters. The number of nitrogens with two attached hydrogens (primary N) is 1. The number of rotatable bonds is 2. The number of hydrogen-bond acceptors (Lipinski definition) is 4. The third kappa shape index (κ3) is 3.73. The van der Waals surface area contributed by atoms with E-state index in [2.05, 4.69) is 20.6 Å². The van der Waals surface area contributed by atoms with Crippen LogP contribution in [0.25, 0.3) is 0 Å². The molecule has 1 aromatic heterocycles. The number of anilines is 1. The number of nitrogens with one attached hydrogen (secondary N) is 1. The molecule has 2 aromatic rings. The van der Waals surface area contributed by atoms with Gasteiger partial charge >= 0.3 is 0 Å². The molecule has 1 heterocycles. The summed E-state index contributed by atoms with van der Waals surface area (Å²) in [5, 5.41) is 13.6. The number of nitrogen functional groups attached to an aromatic ring is 1. The van der Waals surface area contributed by atoms with Gasteiger partial charge in [0.15, 0.2) is 5.82 Å². The molecule has 0 spiro atoms. The lowest BCUT2D eigenvalue weighted by molar-refractivity contribution is 0.881. The first-order chi connectivity index (χ1) is 6.34. The minimum atomic E-state index is 0. The Morgan fingerprint density at radius 1 is 1.13 bits per heavy atom. The third-order valence-electron chi connectivity index (χ3n) is 1.73. The van der Waals surface area contributed by atoms with Crippen molar-refractivity contribution in [1.29, 1.82) is 0 Å². The van der Waals surface area contributed by atoms with Crippen LogP contribution in [-0.4, -0.2) is 20.6 Å². The molecule has 0 saturated heterocycles. The molecule has 0 aliphatic carbocycles. The smallest absolute Gasteiger partial charge is 0.178 e. The maximum absolute atomic E-state index is 5.55. The van der Waals surface area contributed by atoms with Crippen molar-refractivity contribution in [3.8, 4) is 0 Å². The zero-order chi connectivity index (χ0) is 9.10. The summed E-state index contributed by atoms with van der Waals surface area (Å²) in [7, 11) is 0. The van der Waals surface area contributed by atoms with Gasteiger partial charge in [-0.2, -0.15) is 5.21 Å². The third-order valence-corrected chi connectivity index (χ3v) is 1.73. The Kier molecular flexibility index (Phi) is 5.66. The summed E-state index contributed by atoms with van der Waals surface area (Å²) >= 11 is 0. The molecule has 0 aliphatic heterocycles. The van der Waals surface area contributed by atoms with Crippen LogP contribution in [0.2, 0.25) is 0 Å². The van der Waals surface area contributed by atoms with E-state index in [1.807, 2.05) is 24.3 Å². The second-order valence-electron chi connectivity index (χ2n) is 2.75. The fourth-order valence-corrected chi connectivity index (χ4v) is 1.08. The Balaban J connectivity index is 0.000000980. The quantitative estimate of drug-likeness (QED) is 0.783. The molecule has 0 bridgehead atoms. The first-order valence-electron chi connectivity index (χ1n) is 3.91. The van der Waals surface area contributed by atoms with Crippen molar-refractivity contribution in [3.05, 3.63) is 35.7 Å². The fourth-order valence-electron chi connectivity index (χ4n) is 1.08. The van der Waals surface area contributed by atoms with Crippen molar-refractivity contribution in [2.75, 3.05) is 5.73 Å². The van der Waals surface area contributed by atoms with Gasteiger partial charge in [-0.1, -0.05) is 17.3 Å². The summed E-state index contributed by atoms with van der Waals surface area (Å²) in [6.45, 7) is 0. The van der Waals surface area contributed by atoms with E-state index in [4.69, 9.17) is 5.73 Å². The van der Waals surface area contributed by atoms with Gasteiger partial charge in [-0.25, -0.2) is 0 Å². The van der Waals surface area contributed by atoms with E-state index in [-0.39, 0.29) is 24.8 Å². The Bertz CT molecular complexity index is 372. The fraction of sp³-hybridized carbons (Fsp3) is 0.125. The zero-order valence-electron chi connectivity index (χ0n) is 7.75.